The Morgan fingerprint density at radius 2 is 1.83 bits per heavy atom. The number of nitrogens with zero attached hydrogens (tertiary/aromatic N) is 4. The molecule has 1 N–H and O–H groups in total. The van der Waals surface area contributed by atoms with Crippen LogP contribution in [0.5, 0.6) is 11.5 Å². The number of anilines is 2. The Kier molecular flexibility index (Phi) is 6.60. The first-order valence-corrected chi connectivity index (χ1v) is 8.11. The van der Waals surface area contributed by atoms with E-state index in [2.05, 4.69) is 39.2 Å². The van der Waals surface area contributed by atoms with Crippen molar-refractivity contribution in [2.45, 2.75) is 20.3 Å². The van der Waals surface area contributed by atoms with Crippen LogP contribution < -0.4 is 19.7 Å². The molecule has 2 rings (SSSR count). The molecule has 0 atom stereocenters. The Morgan fingerprint density at radius 3 is 2.50 bits per heavy atom. The van der Waals surface area contributed by atoms with Crippen molar-refractivity contribution in [2.75, 3.05) is 44.1 Å². The van der Waals surface area contributed by atoms with Gasteiger partial charge in [0, 0.05) is 19.6 Å². The van der Waals surface area contributed by atoms with Gasteiger partial charge in [0.2, 0.25) is 5.95 Å². The minimum Gasteiger partial charge on any atom is -0.493 e. The van der Waals surface area contributed by atoms with Gasteiger partial charge in [0.25, 0.3) is 0 Å². The normalized spacial score (nSPS) is 10.3. The molecule has 130 valence electrons. The van der Waals surface area contributed by atoms with Crippen molar-refractivity contribution in [2.24, 2.45) is 0 Å². The van der Waals surface area contributed by atoms with Crippen LogP contribution in [-0.4, -0.2) is 49.0 Å². The van der Waals surface area contributed by atoms with E-state index in [1.807, 2.05) is 18.2 Å². The van der Waals surface area contributed by atoms with Gasteiger partial charge < -0.3 is 19.7 Å². The van der Waals surface area contributed by atoms with Gasteiger partial charge in [0.15, 0.2) is 17.3 Å². The van der Waals surface area contributed by atoms with Crippen LogP contribution in [0, 0.1) is 0 Å². The standard InChI is InChI=1S/C17H25N5O2/c1-5-22(6-2)16-12-19-21-17(20-16)18-10-9-13-7-8-14(23-3)15(11-13)24-4/h7-8,11-12H,5-6,9-10H2,1-4H3,(H,18,20,21). The number of hydrogen-bond acceptors (Lipinski definition) is 7. The molecular formula is C17H25N5O2. The maximum atomic E-state index is 5.32. The van der Waals surface area contributed by atoms with E-state index in [9.17, 15) is 0 Å². The van der Waals surface area contributed by atoms with E-state index in [1.54, 1.807) is 20.4 Å². The molecule has 0 saturated heterocycles. The fourth-order valence-electron chi connectivity index (χ4n) is 2.42. The maximum absolute atomic E-state index is 5.32. The molecule has 0 bridgehead atoms. The molecular weight excluding hydrogens is 306 g/mol. The van der Waals surface area contributed by atoms with E-state index in [1.165, 1.54) is 0 Å². The van der Waals surface area contributed by atoms with Gasteiger partial charge in [-0.15, -0.1) is 5.10 Å². The van der Waals surface area contributed by atoms with Gasteiger partial charge in [-0.25, -0.2) is 0 Å². The monoisotopic (exact) mass is 331 g/mol. The largest absolute Gasteiger partial charge is 0.493 e. The van der Waals surface area contributed by atoms with Crippen molar-refractivity contribution >= 4 is 11.8 Å². The van der Waals surface area contributed by atoms with Crippen LogP contribution in [0.2, 0.25) is 0 Å². The topological polar surface area (TPSA) is 72.4 Å². The van der Waals surface area contributed by atoms with Gasteiger partial charge in [0.1, 0.15) is 0 Å². The highest BCUT2D eigenvalue weighted by atomic mass is 16.5. The summed E-state index contributed by atoms with van der Waals surface area (Å²) in [6.45, 7) is 6.67. The van der Waals surface area contributed by atoms with Crippen LogP contribution in [0.15, 0.2) is 24.4 Å². The lowest BCUT2D eigenvalue weighted by molar-refractivity contribution is 0.354. The Balaban J connectivity index is 1.96. The molecule has 1 aromatic heterocycles. The molecule has 0 fully saturated rings. The molecule has 0 aliphatic rings. The van der Waals surface area contributed by atoms with Crippen molar-refractivity contribution in [3.05, 3.63) is 30.0 Å². The van der Waals surface area contributed by atoms with Gasteiger partial charge in [0.05, 0.1) is 20.4 Å². The molecule has 0 unspecified atom stereocenters. The fraction of sp³-hybridized carbons (Fsp3) is 0.471. The SMILES string of the molecule is CCN(CC)c1cnnc(NCCc2ccc(OC)c(OC)c2)n1. The lowest BCUT2D eigenvalue weighted by Crippen LogP contribution is -2.24. The molecule has 0 amide bonds. The van der Waals surface area contributed by atoms with Crippen molar-refractivity contribution < 1.29 is 9.47 Å². The quantitative estimate of drug-likeness (QED) is 0.756. The van der Waals surface area contributed by atoms with E-state index >= 15 is 0 Å². The van der Waals surface area contributed by atoms with Crippen LogP contribution in [-0.2, 0) is 6.42 Å². The van der Waals surface area contributed by atoms with Gasteiger partial charge in [-0.2, -0.15) is 10.1 Å². The van der Waals surface area contributed by atoms with Crippen molar-refractivity contribution in [3.8, 4) is 11.5 Å². The summed E-state index contributed by atoms with van der Waals surface area (Å²) >= 11 is 0. The molecule has 0 aliphatic heterocycles. The molecule has 7 nitrogen and oxygen atoms in total. The van der Waals surface area contributed by atoms with E-state index in [-0.39, 0.29) is 0 Å². The van der Waals surface area contributed by atoms with Gasteiger partial charge in [-0.05, 0) is 38.0 Å². The first kappa shape index (κ1) is 17.8. The van der Waals surface area contributed by atoms with E-state index < -0.39 is 0 Å². The van der Waals surface area contributed by atoms with Crippen molar-refractivity contribution in [3.63, 3.8) is 0 Å². The summed E-state index contributed by atoms with van der Waals surface area (Å²) in [6, 6.07) is 5.91. The minimum absolute atomic E-state index is 0.542. The summed E-state index contributed by atoms with van der Waals surface area (Å²) in [7, 11) is 3.27. The summed E-state index contributed by atoms with van der Waals surface area (Å²) < 4.78 is 10.6. The van der Waals surface area contributed by atoms with E-state index in [0.717, 1.165) is 42.4 Å². The minimum atomic E-state index is 0.542. The predicted octanol–water partition coefficient (Wildman–Crippen LogP) is 2.39. The highest BCUT2D eigenvalue weighted by Crippen LogP contribution is 2.27. The lowest BCUT2D eigenvalue weighted by Gasteiger charge is -2.19. The summed E-state index contributed by atoms with van der Waals surface area (Å²) in [6.07, 6.45) is 2.51. The van der Waals surface area contributed by atoms with Crippen molar-refractivity contribution in [1.29, 1.82) is 0 Å². The first-order valence-electron chi connectivity index (χ1n) is 8.11. The van der Waals surface area contributed by atoms with Crippen LogP contribution in [0.3, 0.4) is 0 Å². The summed E-state index contributed by atoms with van der Waals surface area (Å²) in [4.78, 5) is 6.64. The average Bonchev–Trinajstić information content (AvgIpc) is 2.63. The first-order chi connectivity index (χ1) is 11.7. The second-order valence-corrected chi connectivity index (χ2v) is 5.18. The van der Waals surface area contributed by atoms with Crippen LogP contribution in [0.25, 0.3) is 0 Å². The third-order valence-electron chi connectivity index (χ3n) is 3.78. The van der Waals surface area contributed by atoms with Crippen LogP contribution in [0.1, 0.15) is 19.4 Å². The van der Waals surface area contributed by atoms with Crippen LogP contribution in [0.4, 0.5) is 11.8 Å². The van der Waals surface area contributed by atoms with Gasteiger partial charge >= 0.3 is 0 Å². The number of ether oxygens (including phenoxy) is 2. The van der Waals surface area contributed by atoms with Crippen molar-refractivity contribution in [1.82, 2.24) is 15.2 Å². The number of methoxy groups -OCH3 is 2. The zero-order valence-corrected chi connectivity index (χ0v) is 14.7. The Bertz CT molecular complexity index is 647. The molecule has 0 aliphatic carbocycles. The maximum Gasteiger partial charge on any atom is 0.244 e. The second-order valence-electron chi connectivity index (χ2n) is 5.18. The number of aromatic nitrogens is 3. The Labute approximate surface area is 143 Å². The highest BCUT2D eigenvalue weighted by Gasteiger charge is 2.07. The zero-order valence-electron chi connectivity index (χ0n) is 14.7. The van der Waals surface area contributed by atoms with E-state index in [4.69, 9.17) is 9.47 Å². The summed E-state index contributed by atoms with van der Waals surface area (Å²) in [5.74, 6) is 2.84. The molecule has 0 radical (unpaired) electrons. The van der Waals surface area contributed by atoms with E-state index in [0.29, 0.717) is 12.5 Å². The molecule has 7 heteroatoms. The molecule has 0 saturated carbocycles. The average molecular weight is 331 g/mol. The molecule has 2 aromatic rings. The zero-order chi connectivity index (χ0) is 17.4. The van der Waals surface area contributed by atoms with Crippen LogP contribution >= 0.6 is 0 Å². The molecule has 1 aromatic carbocycles. The number of hydrogen-bond donors (Lipinski definition) is 1. The Hall–Kier alpha value is -2.57. The highest BCUT2D eigenvalue weighted by molar-refractivity contribution is 5.43. The number of rotatable bonds is 9. The lowest BCUT2D eigenvalue weighted by atomic mass is 10.1. The summed E-state index contributed by atoms with van der Waals surface area (Å²) in [5, 5.41) is 11.3. The Morgan fingerprint density at radius 1 is 1.08 bits per heavy atom. The second kappa shape index (κ2) is 8.90. The van der Waals surface area contributed by atoms with Gasteiger partial charge in [-0.3, -0.25) is 0 Å². The number of nitrogens with one attached hydrogen (secondary N) is 1. The molecule has 0 spiro atoms. The number of benzene rings is 1. The molecule has 24 heavy (non-hydrogen) atoms. The summed E-state index contributed by atoms with van der Waals surface area (Å²) in [5.41, 5.74) is 1.15. The molecule has 1 heterocycles. The van der Waals surface area contributed by atoms with Gasteiger partial charge in [-0.1, -0.05) is 6.07 Å². The fourth-order valence-corrected chi connectivity index (χ4v) is 2.42. The predicted molar refractivity (Wildman–Crippen MR) is 95.1 cm³/mol. The third kappa shape index (κ3) is 4.47. The third-order valence-corrected chi connectivity index (χ3v) is 3.78. The smallest absolute Gasteiger partial charge is 0.244 e.